The maximum atomic E-state index is 13.1. The highest BCUT2D eigenvalue weighted by molar-refractivity contribution is 5.69. The average molecular weight is 1080 g/mol. The van der Waals surface area contributed by atoms with Crippen LogP contribution in [0.1, 0.15) is 200 Å². The van der Waals surface area contributed by atoms with Crippen LogP contribution in [0, 0.1) is 0 Å². The first-order valence-electron chi connectivity index (χ1n) is 29.7. The number of allylic oxidation sites excluding steroid dienone is 14. The van der Waals surface area contributed by atoms with Crippen molar-refractivity contribution in [1.82, 2.24) is 0 Å². The summed E-state index contributed by atoms with van der Waals surface area (Å²) < 4.78 is 34.3. The Bertz CT molecular complexity index is 1580. The van der Waals surface area contributed by atoms with Crippen LogP contribution in [0.3, 0.4) is 0 Å². The molecule has 2 aliphatic rings. The van der Waals surface area contributed by atoms with Crippen LogP contribution in [-0.4, -0.2) is 142 Å². The second-order valence-corrected chi connectivity index (χ2v) is 20.4. The third-order valence-electron chi connectivity index (χ3n) is 13.7. The lowest BCUT2D eigenvalue weighted by atomic mass is 9.98. The minimum atomic E-state index is -1.72. The normalized spacial score (nSPS) is 25.1. The van der Waals surface area contributed by atoms with E-state index in [1.54, 1.807) is 0 Å². The molecule has 2 rings (SSSR count). The molecule has 2 fully saturated rings. The molecule has 0 spiro atoms. The third-order valence-corrected chi connectivity index (χ3v) is 13.7. The first-order chi connectivity index (χ1) is 37.1. The summed E-state index contributed by atoms with van der Waals surface area (Å²) in [5.41, 5.74) is 0. The summed E-state index contributed by atoms with van der Waals surface area (Å²) in [6.45, 7) is 3.52. The minimum Gasteiger partial charge on any atom is -0.457 e. The molecule has 0 radical (unpaired) electrons. The molecule has 2 aliphatic heterocycles. The van der Waals surface area contributed by atoms with Crippen molar-refractivity contribution >= 4 is 5.97 Å². The quantitative estimate of drug-likeness (QED) is 0.0172. The number of aliphatic hydroxyl groups excluding tert-OH is 7. The van der Waals surface area contributed by atoms with E-state index in [0.29, 0.717) is 19.4 Å². The highest BCUT2D eigenvalue weighted by Crippen LogP contribution is 2.26. The van der Waals surface area contributed by atoms with Crippen LogP contribution in [0.5, 0.6) is 0 Å². The molecule has 2 heterocycles. The summed E-state index contributed by atoms with van der Waals surface area (Å²) in [5, 5.41) is 72.4. The smallest absolute Gasteiger partial charge is 0.306 e. The first kappa shape index (κ1) is 69.3. The van der Waals surface area contributed by atoms with Gasteiger partial charge in [-0.3, -0.25) is 4.79 Å². The molecule has 14 nitrogen and oxygen atoms in total. The molecule has 0 amide bonds. The summed E-state index contributed by atoms with van der Waals surface area (Å²) in [6, 6.07) is 0. The summed E-state index contributed by atoms with van der Waals surface area (Å²) in [6.07, 6.45) is 46.5. The summed E-state index contributed by atoms with van der Waals surface area (Å²) >= 11 is 0. The lowest BCUT2D eigenvalue weighted by Crippen LogP contribution is -2.61. The van der Waals surface area contributed by atoms with Gasteiger partial charge in [0.25, 0.3) is 0 Å². The molecule has 438 valence electrons. The second kappa shape index (κ2) is 48.1. The lowest BCUT2D eigenvalue weighted by Gasteiger charge is -2.42. The summed E-state index contributed by atoms with van der Waals surface area (Å²) in [7, 11) is 0. The molecule has 2 saturated heterocycles. The Balaban J connectivity index is 1.75. The predicted molar refractivity (Wildman–Crippen MR) is 302 cm³/mol. The highest BCUT2D eigenvalue weighted by atomic mass is 16.7. The molecule has 0 aliphatic carbocycles. The second-order valence-electron chi connectivity index (χ2n) is 20.4. The molecule has 11 atom stereocenters. The van der Waals surface area contributed by atoms with Gasteiger partial charge in [-0.15, -0.1) is 0 Å². The van der Waals surface area contributed by atoms with E-state index in [1.165, 1.54) is 103 Å². The van der Waals surface area contributed by atoms with Gasteiger partial charge in [0.2, 0.25) is 0 Å². The van der Waals surface area contributed by atoms with Crippen LogP contribution in [0.25, 0.3) is 0 Å². The fraction of sp³-hybridized carbons (Fsp3) is 0.758. The van der Waals surface area contributed by atoms with Crippen LogP contribution in [0.15, 0.2) is 85.1 Å². The van der Waals surface area contributed by atoms with Crippen molar-refractivity contribution in [2.45, 2.75) is 268 Å². The molecule has 7 N–H and O–H groups in total. The van der Waals surface area contributed by atoms with Crippen LogP contribution in [0.2, 0.25) is 0 Å². The van der Waals surface area contributed by atoms with Gasteiger partial charge in [0.05, 0.1) is 26.4 Å². The van der Waals surface area contributed by atoms with Gasteiger partial charge in [-0.2, -0.15) is 0 Å². The zero-order valence-corrected chi connectivity index (χ0v) is 47.0. The van der Waals surface area contributed by atoms with E-state index < -0.39 is 86.7 Å². The van der Waals surface area contributed by atoms with E-state index in [0.717, 1.165) is 64.2 Å². The van der Waals surface area contributed by atoms with Crippen molar-refractivity contribution in [2.24, 2.45) is 0 Å². The monoisotopic (exact) mass is 1070 g/mol. The van der Waals surface area contributed by atoms with Crippen molar-refractivity contribution in [1.29, 1.82) is 0 Å². The van der Waals surface area contributed by atoms with Gasteiger partial charge in [-0.1, -0.05) is 214 Å². The number of carbonyl (C=O) groups is 1. The van der Waals surface area contributed by atoms with Gasteiger partial charge >= 0.3 is 5.97 Å². The molecule has 11 unspecified atom stereocenters. The van der Waals surface area contributed by atoms with Gasteiger partial charge in [0.1, 0.15) is 54.9 Å². The number of ether oxygens (including phenoxy) is 6. The van der Waals surface area contributed by atoms with Crippen LogP contribution in [-0.2, 0) is 33.2 Å². The summed E-state index contributed by atoms with van der Waals surface area (Å²) in [5.74, 6) is -0.433. The molecule has 0 bridgehead atoms. The molecule has 14 heteroatoms. The largest absolute Gasteiger partial charge is 0.457 e. The number of esters is 1. The summed E-state index contributed by atoms with van der Waals surface area (Å²) in [4.78, 5) is 13.1. The van der Waals surface area contributed by atoms with Crippen molar-refractivity contribution in [3.63, 3.8) is 0 Å². The average Bonchev–Trinajstić information content (AvgIpc) is 3.42. The van der Waals surface area contributed by atoms with Gasteiger partial charge < -0.3 is 64.2 Å². The molecule has 0 aromatic carbocycles. The number of hydrogen-bond acceptors (Lipinski definition) is 14. The van der Waals surface area contributed by atoms with Crippen molar-refractivity contribution < 1.29 is 69.0 Å². The van der Waals surface area contributed by atoms with Crippen LogP contribution >= 0.6 is 0 Å². The molecule has 0 aromatic rings. The lowest BCUT2D eigenvalue weighted by molar-refractivity contribution is -0.332. The number of unbranched alkanes of at least 4 members (excludes halogenated alkanes) is 19. The Labute approximate surface area is 459 Å². The highest BCUT2D eigenvalue weighted by Gasteiger charge is 2.47. The topological polar surface area (TPSA) is 214 Å². The Kier molecular flexibility index (Phi) is 43.9. The van der Waals surface area contributed by atoms with Crippen molar-refractivity contribution in [3.05, 3.63) is 85.1 Å². The van der Waals surface area contributed by atoms with Gasteiger partial charge in [-0.05, 0) is 64.2 Å². The molecule has 0 saturated carbocycles. The number of aliphatic hydroxyl groups is 7. The third kappa shape index (κ3) is 34.2. The van der Waals surface area contributed by atoms with E-state index in [-0.39, 0.29) is 19.6 Å². The molecule has 0 aromatic heterocycles. The zero-order chi connectivity index (χ0) is 55.1. The van der Waals surface area contributed by atoms with Gasteiger partial charge in [-0.25, -0.2) is 0 Å². The van der Waals surface area contributed by atoms with E-state index in [1.807, 2.05) is 0 Å². The van der Waals surface area contributed by atoms with Crippen LogP contribution < -0.4 is 0 Å². The predicted octanol–water partition coefficient (Wildman–Crippen LogP) is 10.8. The molecular formula is C62H106O14. The van der Waals surface area contributed by atoms with Crippen molar-refractivity contribution in [3.8, 4) is 0 Å². The first-order valence-corrected chi connectivity index (χ1v) is 29.7. The van der Waals surface area contributed by atoms with Crippen LogP contribution in [0.4, 0.5) is 0 Å². The van der Waals surface area contributed by atoms with Crippen molar-refractivity contribution in [2.75, 3.05) is 33.0 Å². The van der Waals surface area contributed by atoms with E-state index in [4.69, 9.17) is 28.4 Å². The van der Waals surface area contributed by atoms with Gasteiger partial charge in [0.15, 0.2) is 12.6 Å². The van der Waals surface area contributed by atoms with Gasteiger partial charge in [0, 0.05) is 13.0 Å². The van der Waals surface area contributed by atoms with E-state index >= 15 is 0 Å². The molecular weight excluding hydrogens is 969 g/mol. The van der Waals surface area contributed by atoms with E-state index in [2.05, 4.69) is 98.9 Å². The number of rotatable bonds is 47. The number of carbonyl (C=O) groups excluding carboxylic acids is 1. The Morgan fingerprint density at radius 1 is 0.447 bits per heavy atom. The Morgan fingerprint density at radius 3 is 1.29 bits per heavy atom. The maximum absolute atomic E-state index is 13.1. The Morgan fingerprint density at radius 2 is 0.842 bits per heavy atom. The fourth-order valence-corrected chi connectivity index (χ4v) is 8.92. The number of hydrogen-bond donors (Lipinski definition) is 7. The SMILES string of the molecule is CC/C=C\C/C=C\C/C=C\C/C=C\C/C=C\C/C=C\C/C=C\CCCC(=O)OC(COCCCCCCCCCCCCCCCCCCCCC)COC1OC(COC2OC(CO)C(O)C(O)C2O)C(O)C(O)C1O. The standard InChI is InChI=1S/C62H106O14/c1-3-5-7-9-11-13-15-17-19-21-23-24-25-26-27-29-31-33-35-37-39-41-43-45-54(64)74-51(48-71-46-44-42-40-38-36-34-32-30-28-22-20-18-16-14-12-10-8-6-4-2)49-72-61-60(70)58(68)56(66)53(76-61)50-73-62-59(69)57(67)55(65)52(47-63)75-62/h5,7,11,13,17,19,23-24,26-27,31,33,37,39,51-53,55-63,65-70H,3-4,6,8-10,12,14-16,18,20-22,25,28-30,32,34-36,38,40-50H2,1-2H3/b7-5-,13-11-,19-17-,24-23-,27-26-,33-31-,39-37-. The minimum absolute atomic E-state index is 0.0360. The zero-order valence-electron chi connectivity index (χ0n) is 47.0. The Hall–Kier alpha value is -2.83. The maximum Gasteiger partial charge on any atom is 0.306 e. The fourth-order valence-electron chi connectivity index (χ4n) is 8.92. The van der Waals surface area contributed by atoms with E-state index in [9.17, 15) is 40.5 Å². The molecule has 76 heavy (non-hydrogen) atoms.